The highest BCUT2D eigenvalue weighted by atomic mass is 32.2. The predicted octanol–water partition coefficient (Wildman–Crippen LogP) is 2.50. The average molecular weight is 374 g/mol. The van der Waals surface area contributed by atoms with Crippen molar-refractivity contribution in [3.8, 4) is 5.75 Å². The molecule has 6 nitrogen and oxygen atoms in total. The molecule has 0 spiro atoms. The Morgan fingerprint density at radius 1 is 1.23 bits per heavy atom. The summed E-state index contributed by atoms with van der Waals surface area (Å²) in [5.74, 6) is 0.0708. The number of rotatable bonds is 8. The molecule has 1 amide bonds. The molecule has 0 bridgehead atoms. The Morgan fingerprint density at radius 3 is 2.54 bits per heavy atom. The standard InChI is InChI=1S/C19H22N2O4S/c1-4-12-20-19(22)14-21(16-6-5-7-17(13-16)25-3)26(23,24)18-10-8-15(2)9-11-18/h4-11,13H,1,12,14H2,2-3H3,(H,20,22). The number of ether oxygens (including phenoxy) is 1. The van der Waals surface area contributed by atoms with Crippen molar-refractivity contribution in [3.05, 3.63) is 66.7 Å². The van der Waals surface area contributed by atoms with Crippen LogP contribution in [0.1, 0.15) is 5.56 Å². The predicted molar refractivity (Wildman–Crippen MR) is 102 cm³/mol. The fourth-order valence-electron chi connectivity index (χ4n) is 2.29. The van der Waals surface area contributed by atoms with Crippen LogP contribution in [0.4, 0.5) is 5.69 Å². The van der Waals surface area contributed by atoms with E-state index in [1.54, 1.807) is 36.4 Å². The van der Waals surface area contributed by atoms with Gasteiger partial charge in [0.05, 0.1) is 17.7 Å². The van der Waals surface area contributed by atoms with Crippen LogP contribution in [-0.4, -0.2) is 34.5 Å². The van der Waals surface area contributed by atoms with Crippen LogP contribution < -0.4 is 14.4 Å². The molecular weight excluding hydrogens is 352 g/mol. The number of anilines is 1. The van der Waals surface area contributed by atoms with Gasteiger partial charge in [-0.15, -0.1) is 6.58 Å². The highest BCUT2D eigenvalue weighted by molar-refractivity contribution is 7.92. The first-order valence-corrected chi connectivity index (χ1v) is 9.43. The van der Waals surface area contributed by atoms with E-state index < -0.39 is 15.9 Å². The Hall–Kier alpha value is -2.80. The van der Waals surface area contributed by atoms with E-state index in [1.807, 2.05) is 6.92 Å². The number of sulfonamides is 1. The maximum Gasteiger partial charge on any atom is 0.264 e. The lowest BCUT2D eigenvalue weighted by molar-refractivity contribution is -0.119. The molecule has 0 atom stereocenters. The highest BCUT2D eigenvalue weighted by Crippen LogP contribution is 2.27. The molecule has 26 heavy (non-hydrogen) atoms. The van der Waals surface area contributed by atoms with E-state index >= 15 is 0 Å². The summed E-state index contributed by atoms with van der Waals surface area (Å²) < 4.78 is 32.5. The lowest BCUT2D eigenvalue weighted by Gasteiger charge is -2.24. The lowest BCUT2D eigenvalue weighted by Crippen LogP contribution is -2.40. The molecule has 2 rings (SSSR count). The molecule has 0 fully saturated rings. The van der Waals surface area contributed by atoms with Gasteiger partial charge < -0.3 is 10.1 Å². The van der Waals surface area contributed by atoms with Gasteiger partial charge in [0.1, 0.15) is 12.3 Å². The van der Waals surface area contributed by atoms with E-state index in [4.69, 9.17) is 4.74 Å². The van der Waals surface area contributed by atoms with Crippen molar-refractivity contribution >= 4 is 21.6 Å². The molecular formula is C19H22N2O4S. The van der Waals surface area contributed by atoms with Crippen molar-refractivity contribution in [1.82, 2.24) is 5.32 Å². The number of hydrogen-bond acceptors (Lipinski definition) is 4. The van der Waals surface area contributed by atoms with Crippen molar-refractivity contribution in [2.24, 2.45) is 0 Å². The second kappa shape index (κ2) is 8.53. The van der Waals surface area contributed by atoms with Crippen molar-refractivity contribution in [2.75, 3.05) is 24.5 Å². The third-order valence-corrected chi connectivity index (χ3v) is 5.47. The second-order valence-electron chi connectivity index (χ2n) is 5.62. The zero-order valence-electron chi connectivity index (χ0n) is 14.8. The van der Waals surface area contributed by atoms with Crippen LogP contribution in [0.15, 0.2) is 66.1 Å². The van der Waals surface area contributed by atoms with Crippen LogP contribution in [-0.2, 0) is 14.8 Å². The van der Waals surface area contributed by atoms with Crippen LogP contribution in [0.3, 0.4) is 0 Å². The smallest absolute Gasteiger partial charge is 0.264 e. The van der Waals surface area contributed by atoms with Crippen LogP contribution in [0.5, 0.6) is 5.75 Å². The van der Waals surface area contributed by atoms with Crippen molar-refractivity contribution < 1.29 is 17.9 Å². The third-order valence-electron chi connectivity index (χ3n) is 3.68. The number of benzene rings is 2. The molecule has 0 aliphatic carbocycles. The van der Waals surface area contributed by atoms with Crippen LogP contribution in [0, 0.1) is 6.92 Å². The zero-order chi connectivity index (χ0) is 19.2. The number of carbonyl (C=O) groups is 1. The summed E-state index contributed by atoms with van der Waals surface area (Å²) in [6, 6.07) is 13.1. The summed E-state index contributed by atoms with van der Waals surface area (Å²) in [7, 11) is -2.43. The van der Waals surface area contributed by atoms with Crippen molar-refractivity contribution in [1.29, 1.82) is 0 Å². The molecule has 0 radical (unpaired) electrons. The maximum atomic E-state index is 13.1. The lowest BCUT2D eigenvalue weighted by atomic mass is 10.2. The molecule has 0 heterocycles. The zero-order valence-corrected chi connectivity index (χ0v) is 15.6. The summed E-state index contributed by atoms with van der Waals surface area (Å²) in [6.07, 6.45) is 1.53. The van der Waals surface area contributed by atoms with Gasteiger partial charge in [0.25, 0.3) is 10.0 Å². The molecule has 138 valence electrons. The summed E-state index contributed by atoms with van der Waals surface area (Å²) in [5.41, 5.74) is 1.29. The topological polar surface area (TPSA) is 75.7 Å². The van der Waals surface area contributed by atoms with Gasteiger partial charge in [0, 0.05) is 12.6 Å². The van der Waals surface area contributed by atoms with Crippen LogP contribution in [0.25, 0.3) is 0 Å². The van der Waals surface area contributed by atoms with Gasteiger partial charge in [-0.3, -0.25) is 9.10 Å². The van der Waals surface area contributed by atoms with Gasteiger partial charge in [-0.05, 0) is 31.2 Å². The largest absolute Gasteiger partial charge is 0.497 e. The molecule has 7 heteroatoms. The number of nitrogens with zero attached hydrogens (tertiary/aromatic N) is 1. The molecule has 0 aromatic heterocycles. The van der Waals surface area contributed by atoms with E-state index in [0.717, 1.165) is 9.87 Å². The highest BCUT2D eigenvalue weighted by Gasteiger charge is 2.27. The first-order chi connectivity index (χ1) is 12.4. The number of hydrogen-bond donors (Lipinski definition) is 1. The van der Waals surface area contributed by atoms with E-state index in [1.165, 1.54) is 25.3 Å². The molecule has 2 aromatic carbocycles. The minimum absolute atomic E-state index is 0.113. The Balaban J connectivity index is 2.46. The summed E-state index contributed by atoms with van der Waals surface area (Å²) in [6.45, 7) is 5.32. The van der Waals surface area contributed by atoms with Gasteiger partial charge in [-0.25, -0.2) is 8.42 Å². The van der Waals surface area contributed by atoms with E-state index in [2.05, 4.69) is 11.9 Å². The number of carbonyl (C=O) groups excluding carboxylic acids is 1. The van der Waals surface area contributed by atoms with Crippen molar-refractivity contribution in [3.63, 3.8) is 0 Å². The van der Waals surface area contributed by atoms with Gasteiger partial charge in [-0.2, -0.15) is 0 Å². The molecule has 0 aliphatic rings. The van der Waals surface area contributed by atoms with E-state index in [0.29, 0.717) is 11.4 Å². The SMILES string of the molecule is C=CCNC(=O)CN(c1cccc(OC)c1)S(=O)(=O)c1ccc(C)cc1. The molecule has 1 N–H and O–H groups in total. The van der Waals surface area contributed by atoms with Gasteiger partial charge >= 0.3 is 0 Å². The monoisotopic (exact) mass is 374 g/mol. The molecule has 0 aliphatic heterocycles. The molecule has 0 saturated carbocycles. The van der Waals surface area contributed by atoms with Crippen LogP contribution in [0.2, 0.25) is 0 Å². The Labute approximate surface area is 154 Å². The quantitative estimate of drug-likeness (QED) is 0.721. The first-order valence-electron chi connectivity index (χ1n) is 7.99. The summed E-state index contributed by atoms with van der Waals surface area (Å²) in [5, 5.41) is 2.60. The number of aryl methyl sites for hydroxylation is 1. The minimum Gasteiger partial charge on any atom is -0.497 e. The fourth-order valence-corrected chi connectivity index (χ4v) is 3.70. The Kier molecular flexibility index (Phi) is 6.41. The molecule has 2 aromatic rings. The average Bonchev–Trinajstić information content (AvgIpc) is 2.64. The molecule has 0 unspecified atom stereocenters. The summed E-state index contributed by atoms with van der Waals surface area (Å²) >= 11 is 0. The minimum atomic E-state index is -3.92. The van der Waals surface area contributed by atoms with Gasteiger partial charge in [-0.1, -0.05) is 29.8 Å². The first kappa shape index (κ1) is 19.5. The van der Waals surface area contributed by atoms with Gasteiger partial charge in [0.2, 0.25) is 5.91 Å². The van der Waals surface area contributed by atoms with E-state index in [9.17, 15) is 13.2 Å². The normalized spacial score (nSPS) is 10.8. The fraction of sp³-hybridized carbons (Fsp3) is 0.211. The Morgan fingerprint density at radius 2 is 1.92 bits per heavy atom. The number of methoxy groups -OCH3 is 1. The van der Waals surface area contributed by atoms with E-state index in [-0.39, 0.29) is 18.0 Å². The Bertz CT molecular complexity index is 877. The number of amides is 1. The maximum absolute atomic E-state index is 13.1. The number of nitrogens with one attached hydrogen (secondary N) is 1. The molecule has 0 saturated heterocycles. The van der Waals surface area contributed by atoms with Crippen molar-refractivity contribution in [2.45, 2.75) is 11.8 Å². The second-order valence-corrected chi connectivity index (χ2v) is 7.48. The van der Waals surface area contributed by atoms with Gasteiger partial charge in [0.15, 0.2) is 0 Å². The third kappa shape index (κ3) is 4.64. The summed E-state index contributed by atoms with van der Waals surface area (Å²) in [4.78, 5) is 12.3. The van der Waals surface area contributed by atoms with Crippen LogP contribution >= 0.6 is 0 Å².